The number of pyridine rings is 1. The Hall–Kier alpha value is -3.35. The minimum atomic E-state index is -2.55. The number of rotatable bonds is 6. The summed E-state index contributed by atoms with van der Waals surface area (Å²) < 4.78 is 26.3. The van der Waals surface area contributed by atoms with E-state index in [2.05, 4.69) is 10.3 Å². The van der Waals surface area contributed by atoms with Crippen LogP contribution in [0.4, 0.5) is 20.3 Å². The molecule has 0 unspecified atom stereocenters. The lowest BCUT2D eigenvalue weighted by Crippen LogP contribution is -2.05. The van der Waals surface area contributed by atoms with E-state index in [9.17, 15) is 18.9 Å². The molecule has 0 aliphatic rings. The molecule has 1 aromatic heterocycles. The van der Waals surface area contributed by atoms with Crippen molar-refractivity contribution in [1.29, 1.82) is 0 Å². The van der Waals surface area contributed by atoms with Crippen LogP contribution < -0.4 is 5.32 Å². The van der Waals surface area contributed by atoms with Gasteiger partial charge in [0.15, 0.2) is 0 Å². The van der Waals surface area contributed by atoms with Crippen molar-refractivity contribution >= 4 is 11.5 Å². The Kier molecular flexibility index (Phi) is 5.40. The molecule has 0 fully saturated rings. The summed E-state index contributed by atoms with van der Waals surface area (Å²) in [6.07, 6.45) is -1.04. The van der Waals surface area contributed by atoms with E-state index >= 15 is 0 Å². The van der Waals surface area contributed by atoms with E-state index in [0.717, 1.165) is 5.56 Å². The van der Waals surface area contributed by atoms with Crippen molar-refractivity contribution in [2.24, 2.45) is 0 Å². The first-order valence-corrected chi connectivity index (χ1v) is 8.27. The number of halogens is 2. The Labute approximate surface area is 154 Å². The van der Waals surface area contributed by atoms with Crippen LogP contribution in [-0.4, -0.2) is 9.91 Å². The minimum Gasteiger partial charge on any atom is -0.360 e. The molecule has 1 heterocycles. The van der Waals surface area contributed by atoms with Crippen molar-refractivity contribution in [3.05, 3.63) is 87.6 Å². The number of benzene rings is 2. The predicted octanol–water partition coefficient (Wildman–Crippen LogP) is 5.51. The van der Waals surface area contributed by atoms with Gasteiger partial charge in [0.1, 0.15) is 0 Å². The number of nitrogens with zero attached hydrogens (tertiary/aromatic N) is 2. The van der Waals surface area contributed by atoms with Crippen molar-refractivity contribution in [2.45, 2.75) is 19.9 Å². The number of hydrogen-bond acceptors (Lipinski definition) is 4. The summed E-state index contributed by atoms with van der Waals surface area (Å²) >= 11 is 0. The summed E-state index contributed by atoms with van der Waals surface area (Å²) in [5.74, 6) is 0.201. The van der Waals surface area contributed by atoms with E-state index in [0.29, 0.717) is 23.2 Å². The molecule has 0 bridgehead atoms. The first-order chi connectivity index (χ1) is 13.0. The third-order valence-corrected chi connectivity index (χ3v) is 4.23. The molecule has 0 radical (unpaired) electrons. The number of nitrogens with one attached hydrogen (secondary N) is 1. The van der Waals surface area contributed by atoms with Gasteiger partial charge in [0.25, 0.3) is 6.43 Å². The van der Waals surface area contributed by atoms with Gasteiger partial charge in [-0.25, -0.2) is 13.8 Å². The molecular weight excluding hydrogens is 352 g/mol. The second-order valence-corrected chi connectivity index (χ2v) is 6.02. The zero-order chi connectivity index (χ0) is 19.4. The molecule has 0 spiro atoms. The van der Waals surface area contributed by atoms with E-state index in [1.165, 1.54) is 12.3 Å². The number of anilines is 1. The molecule has 0 amide bonds. The average Bonchev–Trinajstić information content (AvgIpc) is 2.66. The van der Waals surface area contributed by atoms with Gasteiger partial charge >= 0.3 is 5.69 Å². The van der Waals surface area contributed by atoms with Crippen LogP contribution in [0.5, 0.6) is 0 Å². The van der Waals surface area contributed by atoms with Crippen LogP contribution in [0.1, 0.15) is 23.1 Å². The van der Waals surface area contributed by atoms with E-state index in [1.807, 2.05) is 0 Å². The summed E-state index contributed by atoms with van der Waals surface area (Å²) in [5.41, 5.74) is 2.49. The standard InChI is InChI=1S/C20H17F2N3O2/c1-13-10-11-23-20(18(13)25(26)27)24-12-14-6-8-15(9-7-14)16-4-2-3-5-17(16)19(21)22/h2-11,19H,12H2,1H3,(H,23,24). The summed E-state index contributed by atoms with van der Waals surface area (Å²) in [7, 11) is 0. The van der Waals surface area contributed by atoms with Crippen LogP contribution in [0.2, 0.25) is 0 Å². The lowest BCUT2D eigenvalue weighted by molar-refractivity contribution is -0.384. The predicted molar refractivity (Wildman–Crippen MR) is 99.8 cm³/mol. The maximum absolute atomic E-state index is 13.2. The van der Waals surface area contributed by atoms with Gasteiger partial charge in [-0.15, -0.1) is 0 Å². The molecule has 0 saturated carbocycles. The van der Waals surface area contributed by atoms with Crippen LogP contribution >= 0.6 is 0 Å². The van der Waals surface area contributed by atoms with E-state index in [-0.39, 0.29) is 17.1 Å². The van der Waals surface area contributed by atoms with Crippen molar-refractivity contribution in [3.63, 3.8) is 0 Å². The Morgan fingerprint density at radius 1 is 1.11 bits per heavy atom. The van der Waals surface area contributed by atoms with Crippen LogP contribution in [-0.2, 0) is 6.54 Å². The van der Waals surface area contributed by atoms with E-state index in [1.54, 1.807) is 55.5 Å². The molecule has 1 N–H and O–H groups in total. The Morgan fingerprint density at radius 3 is 2.48 bits per heavy atom. The second kappa shape index (κ2) is 7.90. The van der Waals surface area contributed by atoms with Gasteiger partial charge in [-0.2, -0.15) is 0 Å². The SMILES string of the molecule is Cc1ccnc(NCc2ccc(-c3ccccc3C(F)F)cc2)c1[N+](=O)[O-]. The number of hydrogen-bond donors (Lipinski definition) is 1. The summed E-state index contributed by atoms with van der Waals surface area (Å²) in [5, 5.41) is 14.2. The molecule has 138 valence electrons. The highest BCUT2D eigenvalue weighted by Crippen LogP contribution is 2.31. The topological polar surface area (TPSA) is 68.1 Å². The zero-order valence-electron chi connectivity index (χ0n) is 14.5. The second-order valence-electron chi connectivity index (χ2n) is 6.02. The van der Waals surface area contributed by atoms with Crippen LogP contribution in [0.3, 0.4) is 0 Å². The molecule has 7 heteroatoms. The number of alkyl halides is 2. The quantitative estimate of drug-likeness (QED) is 0.459. The van der Waals surface area contributed by atoms with Gasteiger partial charge in [-0.1, -0.05) is 48.5 Å². The lowest BCUT2D eigenvalue weighted by atomic mass is 9.99. The fourth-order valence-corrected chi connectivity index (χ4v) is 2.85. The van der Waals surface area contributed by atoms with Gasteiger partial charge in [0.2, 0.25) is 5.82 Å². The normalized spacial score (nSPS) is 10.8. The van der Waals surface area contributed by atoms with Crippen LogP contribution in [0, 0.1) is 17.0 Å². The van der Waals surface area contributed by atoms with Crippen LogP contribution in [0.25, 0.3) is 11.1 Å². The number of nitro groups is 1. The Balaban J connectivity index is 1.78. The zero-order valence-corrected chi connectivity index (χ0v) is 14.5. The molecule has 5 nitrogen and oxygen atoms in total. The van der Waals surface area contributed by atoms with Crippen molar-refractivity contribution in [1.82, 2.24) is 4.98 Å². The maximum atomic E-state index is 13.2. The van der Waals surface area contributed by atoms with Crippen molar-refractivity contribution in [2.75, 3.05) is 5.32 Å². The molecule has 2 aromatic carbocycles. The largest absolute Gasteiger partial charge is 0.360 e. The Bertz CT molecular complexity index is 960. The van der Waals surface area contributed by atoms with E-state index < -0.39 is 11.3 Å². The van der Waals surface area contributed by atoms with E-state index in [4.69, 9.17) is 0 Å². The van der Waals surface area contributed by atoms with Gasteiger partial charge in [-0.05, 0) is 29.7 Å². The van der Waals surface area contributed by atoms with Gasteiger partial charge in [-0.3, -0.25) is 10.1 Å². The van der Waals surface area contributed by atoms with Crippen molar-refractivity contribution < 1.29 is 13.7 Å². The average molecular weight is 369 g/mol. The molecule has 0 atom stereocenters. The highest BCUT2D eigenvalue weighted by atomic mass is 19.3. The monoisotopic (exact) mass is 369 g/mol. The summed E-state index contributed by atoms with van der Waals surface area (Å²) in [4.78, 5) is 14.8. The number of aryl methyl sites for hydroxylation is 1. The van der Waals surface area contributed by atoms with Gasteiger partial charge < -0.3 is 5.32 Å². The summed E-state index contributed by atoms with van der Waals surface area (Å²) in [6, 6.07) is 15.1. The van der Waals surface area contributed by atoms with Gasteiger partial charge in [0, 0.05) is 23.9 Å². The molecule has 3 rings (SSSR count). The fourth-order valence-electron chi connectivity index (χ4n) is 2.85. The third kappa shape index (κ3) is 4.08. The first-order valence-electron chi connectivity index (χ1n) is 8.27. The maximum Gasteiger partial charge on any atom is 0.314 e. The third-order valence-electron chi connectivity index (χ3n) is 4.23. The fraction of sp³-hybridized carbons (Fsp3) is 0.150. The molecule has 0 saturated heterocycles. The molecule has 0 aliphatic heterocycles. The molecule has 0 aliphatic carbocycles. The molecule has 3 aromatic rings. The smallest absolute Gasteiger partial charge is 0.314 e. The van der Waals surface area contributed by atoms with Crippen molar-refractivity contribution in [3.8, 4) is 11.1 Å². The summed E-state index contributed by atoms with van der Waals surface area (Å²) in [6.45, 7) is 1.98. The molecular formula is C20H17F2N3O2. The highest BCUT2D eigenvalue weighted by Gasteiger charge is 2.18. The first kappa shape index (κ1) is 18.4. The molecule has 27 heavy (non-hydrogen) atoms. The number of aromatic nitrogens is 1. The Morgan fingerprint density at radius 2 is 1.81 bits per heavy atom. The minimum absolute atomic E-state index is 0.0111. The lowest BCUT2D eigenvalue weighted by Gasteiger charge is -2.11. The van der Waals surface area contributed by atoms with Crippen LogP contribution in [0.15, 0.2) is 60.8 Å². The highest BCUT2D eigenvalue weighted by molar-refractivity contribution is 5.68. The van der Waals surface area contributed by atoms with Gasteiger partial charge in [0.05, 0.1) is 4.92 Å².